The Hall–Kier alpha value is -1.04. The van der Waals surface area contributed by atoms with Gasteiger partial charge in [-0.05, 0) is 43.6 Å². The summed E-state index contributed by atoms with van der Waals surface area (Å²) in [6.07, 6.45) is 2.46. The number of rotatable bonds is 4. The van der Waals surface area contributed by atoms with E-state index in [4.69, 9.17) is 33.3 Å². The zero-order valence-electron chi connectivity index (χ0n) is 11.7. The first kappa shape index (κ1) is 15.4. The predicted molar refractivity (Wildman–Crippen MR) is 85.9 cm³/mol. The summed E-state index contributed by atoms with van der Waals surface area (Å²) in [6, 6.07) is 3.70. The lowest BCUT2D eigenvalue weighted by Gasteiger charge is -2.16. The molecule has 0 bridgehead atoms. The van der Waals surface area contributed by atoms with Crippen LogP contribution < -0.4 is 15.4 Å². The number of nitrogens with one attached hydrogen (secondary N) is 2. The number of benzene rings is 1. The second-order valence-electron chi connectivity index (χ2n) is 4.77. The van der Waals surface area contributed by atoms with Crippen LogP contribution in [-0.4, -0.2) is 31.5 Å². The minimum absolute atomic E-state index is 0.253. The van der Waals surface area contributed by atoms with Gasteiger partial charge in [-0.3, -0.25) is 0 Å². The van der Waals surface area contributed by atoms with Crippen LogP contribution in [0.4, 0.5) is 5.69 Å². The summed E-state index contributed by atoms with van der Waals surface area (Å²) in [4.78, 5) is 0. The van der Waals surface area contributed by atoms with Crippen LogP contribution in [0.3, 0.4) is 0 Å². The molecule has 1 fully saturated rings. The molecule has 1 aromatic carbocycles. The molecule has 2 rings (SSSR count). The normalized spacial score (nSPS) is 17.9. The minimum atomic E-state index is 0.253. The molecule has 6 heteroatoms. The van der Waals surface area contributed by atoms with E-state index in [1.807, 2.05) is 13.0 Å². The summed E-state index contributed by atoms with van der Waals surface area (Å²) in [5, 5.41) is 7.53. The van der Waals surface area contributed by atoms with Crippen molar-refractivity contribution in [2.75, 3.05) is 25.6 Å². The summed E-state index contributed by atoms with van der Waals surface area (Å²) in [6.45, 7) is 3.51. The topological polar surface area (TPSA) is 42.5 Å². The molecule has 0 amide bonds. The standard InChI is InChI=1S/C14H19ClN2O2S/c1-9-6-12(13(18-2)7-11(9)15)17-14(20)16-8-10-4-3-5-19-10/h6-7,10H,3-5,8H2,1-2H3,(H2,16,17,20). The van der Waals surface area contributed by atoms with Gasteiger partial charge in [-0.1, -0.05) is 11.6 Å². The molecular formula is C14H19ClN2O2S. The zero-order chi connectivity index (χ0) is 14.5. The number of thiocarbonyl (C=S) groups is 1. The zero-order valence-corrected chi connectivity index (χ0v) is 13.2. The van der Waals surface area contributed by atoms with Crippen molar-refractivity contribution in [1.82, 2.24) is 5.32 Å². The Balaban J connectivity index is 1.94. The molecule has 0 saturated carbocycles. The van der Waals surface area contributed by atoms with Crippen LogP contribution in [-0.2, 0) is 4.74 Å². The van der Waals surface area contributed by atoms with Crippen molar-refractivity contribution in [3.63, 3.8) is 0 Å². The number of halogens is 1. The fraction of sp³-hybridized carbons (Fsp3) is 0.500. The van der Waals surface area contributed by atoms with E-state index in [0.717, 1.165) is 37.2 Å². The van der Waals surface area contributed by atoms with Crippen LogP contribution >= 0.6 is 23.8 Å². The molecule has 1 unspecified atom stereocenters. The third-order valence-corrected chi connectivity index (χ3v) is 3.90. The summed E-state index contributed by atoms with van der Waals surface area (Å²) in [7, 11) is 1.61. The molecule has 0 aliphatic carbocycles. The first-order valence-corrected chi connectivity index (χ1v) is 7.39. The predicted octanol–water partition coefficient (Wildman–Crippen LogP) is 3.12. The number of methoxy groups -OCH3 is 1. The van der Waals surface area contributed by atoms with E-state index >= 15 is 0 Å². The number of ether oxygens (including phenoxy) is 2. The number of aryl methyl sites for hydroxylation is 1. The molecule has 0 spiro atoms. The average molecular weight is 315 g/mol. The molecule has 1 aromatic rings. The monoisotopic (exact) mass is 314 g/mol. The second kappa shape index (κ2) is 7.11. The molecule has 110 valence electrons. The van der Waals surface area contributed by atoms with Crippen LogP contribution in [0.25, 0.3) is 0 Å². The average Bonchev–Trinajstić information content (AvgIpc) is 2.93. The molecule has 4 nitrogen and oxygen atoms in total. The highest BCUT2D eigenvalue weighted by Gasteiger charge is 2.15. The Kier molecular flexibility index (Phi) is 5.46. The molecule has 1 saturated heterocycles. The molecule has 0 aromatic heterocycles. The van der Waals surface area contributed by atoms with Gasteiger partial charge in [0.25, 0.3) is 0 Å². The van der Waals surface area contributed by atoms with Crippen LogP contribution in [0.1, 0.15) is 18.4 Å². The van der Waals surface area contributed by atoms with Crippen molar-refractivity contribution >= 4 is 34.6 Å². The van der Waals surface area contributed by atoms with E-state index in [1.54, 1.807) is 13.2 Å². The first-order chi connectivity index (χ1) is 9.60. The van der Waals surface area contributed by atoms with Crippen molar-refractivity contribution in [1.29, 1.82) is 0 Å². The Labute approximate surface area is 129 Å². The van der Waals surface area contributed by atoms with Gasteiger partial charge in [-0.25, -0.2) is 0 Å². The molecule has 1 atom stereocenters. The van der Waals surface area contributed by atoms with Crippen molar-refractivity contribution in [2.45, 2.75) is 25.9 Å². The maximum Gasteiger partial charge on any atom is 0.170 e. The van der Waals surface area contributed by atoms with Gasteiger partial charge >= 0.3 is 0 Å². The smallest absolute Gasteiger partial charge is 0.170 e. The van der Waals surface area contributed by atoms with E-state index < -0.39 is 0 Å². The summed E-state index contributed by atoms with van der Waals surface area (Å²) in [5.74, 6) is 0.668. The molecule has 1 aliphatic rings. The van der Waals surface area contributed by atoms with E-state index in [-0.39, 0.29) is 6.10 Å². The van der Waals surface area contributed by atoms with Crippen LogP contribution in [0.2, 0.25) is 5.02 Å². The highest BCUT2D eigenvalue weighted by molar-refractivity contribution is 7.80. The fourth-order valence-corrected chi connectivity index (χ4v) is 2.46. The quantitative estimate of drug-likeness (QED) is 0.836. The van der Waals surface area contributed by atoms with Gasteiger partial charge in [-0.2, -0.15) is 0 Å². The molecule has 1 aliphatic heterocycles. The van der Waals surface area contributed by atoms with Gasteiger partial charge in [0, 0.05) is 24.2 Å². The highest BCUT2D eigenvalue weighted by atomic mass is 35.5. The van der Waals surface area contributed by atoms with Crippen molar-refractivity contribution in [3.05, 3.63) is 22.7 Å². The Bertz CT molecular complexity index is 490. The largest absolute Gasteiger partial charge is 0.495 e. The molecular weight excluding hydrogens is 296 g/mol. The van der Waals surface area contributed by atoms with Crippen LogP contribution in [0.15, 0.2) is 12.1 Å². The third kappa shape index (κ3) is 3.98. The van der Waals surface area contributed by atoms with Crippen molar-refractivity contribution in [2.24, 2.45) is 0 Å². The highest BCUT2D eigenvalue weighted by Crippen LogP contribution is 2.30. The fourth-order valence-electron chi connectivity index (χ4n) is 2.11. The van der Waals surface area contributed by atoms with Gasteiger partial charge < -0.3 is 20.1 Å². The van der Waals surface area contributed by atoms with E-state index in [1.165, 1.54) is 0 Å². The lowest BCUT2D eigenvalue weighted by Crippen LogP contribution is -2.34. The van der Waals surface area contributed by atoms with Gasteiger partial charge in [0.1, 0.15) is 5.75 Å². The first-order valence-electron chi connectivity index (χ1n) is 6.60. The van der Waals surface area contributed by atoms with Gasteiger partial charge in [-0.15, -0.1) is 0 Å². The van der Waals surface area contributed by atoms with Crippen molar-refractivity contribution < 1.29 is 9.47 Å². The number of anilines is 1. The Morgan fingerprint density at radius 3 is 3.00 bits per heavy atom. The molecule has 2 N–H and O–H groups in total. The van der Waals surface area contributed by atoms with Crippen molar-refractivity contribution in [3.8, 4) is 5.75 Å². The lowest BCUT2D eigenvalue weighted by molar-refractivity contribution is 0.114. The Morgan fingerprint density at radius 2 is 2.35 bits per heavy atom. The lowest BCUT2D eigenvalue weighted by atomic mass is 10.2. The molecule has 20 heavy (non-hydrogen) atoms. The van der Waals surface area contributed by atoms with Gasteiger partial charge in [0.2, 0.25) is 0 Å². The SMILES string of the molecule is COc1cc(Cl)c(C)cc1NC(=S)NCC1CCCO1. The third-order valence-electron chi connectivity index (χ3n) is 3.24. The number of hydrogen-bond acceptors (Lipinski definition) is 3. The van der Waals surface area contributed by atoms with E-state index in [9.17, 15) is 0 Å². The van der Waals surface area contributed by atoms with E-state index in [0.29, 0.717) is 15.9 Å². The van der Waals surface area contributed by atoms with Crippen LogP contribution in [0, 0.1) is 6.92 Å². The molecule has 1 heterocycles. The maximum absolute atomic E-state index is 6.08. The summed E-state index contributed by atoms with van der Waals surface area (Å²) >= 11 is 11.4. The minimum Gasteiger partial charge on any atom is -0.495 e. The summed E-state index contributed by atoms with van der Waals surface area (Å²) < 4.78 is 10.8. The summed E-state index contributed by atoms with van der Waals surface area (Å²) in [5.41, 5.74) is 1.77. The van der Waals surface area contributed by atoms with Crippen LogP contribution in [0.5, 0.6) is 5.75 Å². The Morgan fingerprint density at radius 1 is 1.55 bits per heavy atom. The van der Waals surface area contributed by atoms with E-state index in [2.05, 4.69) is 10.6 Å². The number of hydrogen-bond donors (Lipinski definition) is 2. The van der Waals surface area contributed by atoms with Gasteiger partial charge in [0.15, 0.2) is 5.11 Å². The second-order valence-corrected chi connectivity index (χ2v) is 5.59. The maximum atomic E-state index is 6.08. The van der Waals surface area contributed by atoms with Gasteiger partial charge in [0.05, 0.1) is 18.9 Å². The molecule has 0 radical (unpaired) electrons.